The molecular weight excluding hydrogens is 152 g/mol. The molecular formula is C9H9N2O. The quantitative estimate of drug-likeness (QED) is 0.660. The van der Waals surface area contributed by atoms with Crippen molar-refractivity contribution in [3.8, 4) is 6.07 Å². The fourth-order valence-corrected chi connectivity index (χ4v) is 1.05. The summed E-state index contributed by atoms with van der Waals surface area (Å²) in [7, 11) is 0. The van der Waals surface area contributed by atoms with Crippen LogP contribution in [0.3, 0.4) is 0 Å². The lowest BCUT2D eigenvalue weighted by atomic mass is 10.1. The smallest absolute Gasteiger partial charge is 0.0992 e. The van der Waals surface area contributed by atoms with Crippen molar-refractivity contribution in [2.75, 3.05) is 12.3 Å². The number of benzene rings is 1. The number of hydrogen-bond donors (Lipinski definition) is 1. The van der Waals surface area contributed by atoms with Crippen molar-refractivity contribution in [2.45, 2.75) is 6.42 Å². The van der Waals surface area contributed by atoms with E-state index in [1.54, 1.807) is 18.2 Å². The van der Waals surface area contributed by atoms with Crippen LogP contribution in [0.2, 0.25) is 0 Å². The van der Waals surface area contributed by atoms with Gasteiger partial charge in [-0.05, 0) is 30.2 Å². The maximum Gasteiger partial charge on any atom is 0.0992 e. The maximum atomic E-state index is 10.3. The molecule has 0 aliphatic rings. The molecule has 0 saturated heterocycles. The Morgan fingerprint density at radius 3 is 2.75 bits per heavy atom. The van der Waals surface area contributed by atoms with Crippen molar-refractivity contribution in [1.29, 1.82) is 5.26 Å². The van der Waals surface area contributed by atoms with Crippen LogP contribution in [-0.4, -0.2) is 6.61 Å². The van der Waals surface area contributed by atoms with Gasteiger partial charge in [0.05, 0.1) is 18.2 Å². The van der Waals surface area contributed by atoms with E-state index in [0.717, 1.165) is 5.56 Å². The lowest BCUT2D eigenvalue weighted by Crippen LogP contribution is -1.93. The van der Waals surface area contributed by atoms with E-state index in [2.05, 4.69) is 0 Å². The van der Waals surface area contributed by atoms with Crippen LogP contribution in [0.4, 0.5) is 5.69 Å². The first-order valence-electron chi connectivity index (χ1n) is 3.64. The number of rotatable bonds is 2. The summed E-state index contributed by atoms with van der Waals surface area (Å²) in [4.78, 5) is 0. The van der Waals surface area contributed by atoms with Crippen LogP contribution in [0, 0.1) is 11.3 Å². The van der Waals surface area contributed by atoms with Crippen LogP contribution < -0.4 is 5.73 Å². The molecule has 0 heterocycles. The molecule has 0 aromatic heterocycles. The Hall–Kier alpha value is -1.53. The molecule has 3 nitrogen and oxygen atoms in total. The maximum absolute atomic E-state index is 10.3. The van der Waals surface area contributed by atoms with Crippen LogP contribution in [0.15, 0.2) is 18.2 Å². The molecule has 0 fully saturated rings. The van der Waals surface area contributed by atoms with Crippen LogP contribution >= 0.6 is 0 Å². The highest BCUT2D eigenvalue weighted by molar-refractivity contribution is 5.48. The van der Waals surface area contributed by atoms with Gasteiger partial charge in [0.15, 0.2) is 0 Å². The molecule has 0 atom stereocenters. The largest absolute Gasteiger partial charge is 0.399 e. The number of hydrogen-bond acceptors (Lipinski definition) is 2. The van der Waals surface area contributed by atoms with Gasteiger partial charge in [-0.3, -0.25) is 0 Å². The molecule has 3 heteroatoms. The summed E-state index contributed by atoms with van der Waals surface area (Å²) < 4.78 is 0. The lowest BCUT2D eigenvalue weighted by molar-refractivity contribution is 0.197. The summed E-state index contributed by atoms with van der Waals surface area (Å²) in [5.41, 5.74) is 7.40. The molecule has 1 aromatic rings. The molecule has 0 unspecified atom stereocenters. The van der Waals surface area contributed by atoms with E-state index in [4.69, 9.17) is 11.0 Å². The molecule has 0 aliphatic carbocycles. The molecule has 0 aliphatic heterocycles. The Morgan fingerprint density at radius 1 is 1.42 bits per heavy atom. The van der Waals surface area contributed by atoms with Crippen molar-refractivity contribution >= 4 is 5.69 Å². The standard InChI is InChI=1S/C9H9N2O/c10-6-8-3-7(1-2-12)4-9(11)5-8/h3-5H,1-2,11H2. The Bertz CT molecular complexity index is 315. The molecule has 12 heavy (non-hydrogen) atoms. The van der Waals surface area contributed by atoms with Crippen molar-refractivity contribution in [3.05, 3.63) is 29.3 Å². The summed E-state index contributed by atoms with van der Waals surface area (Å²) in [6.07, 6.45) is 0.430. The average Bonchev–Trinajstić information content (AvgIpc) is 2.04. The fraction of sp³-hybridized carbons (Fsp3) is 0.222. The number of nitrogens with two attached hydrogens (primary N) is 1. The van der Waals surface area contributed by atoms with E-state index in [0.29, 0.717) is 17.7 Å². The lowest BCUT2D eigenvalue weighted by Gasteiger charge is -1.99. The van der Waals surface area contributed by atoms with Crippen molar-refractivity contribution < 1.29 is 5.11 Å². The average molecular weight is 161 g/mol. The normalized spacial score (nSPS) is 9.33. The summed E-state index contributed by atoms with van der Waals surface area (Å²) in [5, 5.41) is 18.9. The molecule has 2 N–H and O–H groups in total. The van der Waals surface area contributed by atoms with Gasteiger partial charge in [0.25, 0.3) is 0 Å². The van der Waals surface area contributed by atoms with Gasteiger partial charge in [-0.1, -0.05) is 0 Å². The number of nitrogen functional groups attached to an aromatic ring is 1. The van der Waals surface area contributed by atoms with E-state index in [1.807, 2.05) is 6.07 Å². The van der Waals surface area contributed by atoms with Crippen LogP contribution in [0.5, 0.6) is 0 Å². The van der Waals surface area contributed by atoms with Crippen LogP contribution in [-0.2, 0) is 11.5 Å². The summed E-state index contributed by atoms with van der Waals surface area (Å²) in [5.74, 6) is 0. The topological polar surface area (TPSA) is 69.7 Å². The second-order valence-electron chi connectivity index (χ2n) is 2.53. The summed E-state index contributed by atoms with van der Waals surface area (Å²) >= 11 is 0. The van der Waals surface area contributed by atoms with Gasteiger partial charge in [-0.15, -0.1) is 0 Å². The highest BCUT2D eigenvalue weighted by atomic mass is 16.2. The molecule has 0 saturated carbocycles. The van der Waals surface area contributed by atoms with Gasteiger partial charge in [-0.25, -0.2) is 5.11 Å². The zero-order valence-electron chi connectivity index (χ0n) is 6.58. The molecule has 1 aromatic carbocycles. The zero-order chi connectivity index (χ0) is 8.97. The second-order valence-corrected chi connectivity index (χ2v) is 2.53. The van der Waals surface area contributed by atoms with Crippen molar-refractivity contribution in [2.24, 2.45) is 0 Å². The van der Waals surface area contributed by atoms with Gasteiger partial charge in [-0.2, -0.15) is 5.26 Å². The Kier molecular flexibility index (Phi) is 2.67. The fourth-order valence-electron chi connectivity index (χ4n) is 1.05. The SMILES string of the molecule is N#Cc1cc(N)cc(CC[O])c1. The molecule has 0 spiro atoms. The summed E-state index contributed by atoms with van der Waals surface area (Å²) in [6, 6.07) is 6.99. The first-order valence-corrected chi connectivity index (χ1v) is 3.64. The van der Waals surface area contributed by atoms with Gasteiger partial charge >= 0.3 is 0 Å². The van der Waals surface area contributed by atoms with E-state index in [9.17, 15) is 5.11 Å². The summed E-state index contributed by atoms with van der Waals surface area (Å²) in [6.45, 7) is -0.172. The Balaban J connectivity index is 3.00. The van der Waals surface area contributed by atoms with Crippen molar-refractivity contribution in [1.82, 2.24) is 0 Å². The predicted molar refractivity (Wildman–Crippen MR) is 44.8 cm³/mol. The highest BCUT2D eigenvalue weighted by Gasteiger charge is 1.97. The minimum atomic E-state index is -0.172. The van der Waals surface area contributed by atoms with E-state index in [1.165, 1.54) is 0 Å². The monoisotopic (exact) mass is 161 g/mol. The third kappa shape index (κ3) is 1.97. The van der Waals surface area contributed by atoms with Gasteiger partial charge < -0.3 is 5.73 Å². The van der Waals surface area contributed by atoms with Crippen LogP contribution in [0.25, 0.3) is 0 Å². The van der Waals surface area contributed by atoms with E-state index in [-0.39, 0.29) is 6.61 Å². The van der Waals surface area contributed by atoms with E-state index < -0.39 is 0 Å². The number of nitrogens with zero attached hydrogens (tertiary/aromatic N) is 1. The van der Waals surface area contributed by atoms with E-state index >= 15 is 0 Å². The van der Waals surface area contributed by atoms with Gasteiger partial charge in [0.2, 0.25) is 0 Å². The van der Waals surface area contributed by atoms with Crippen LogP contribution in [0.1, 0.15) is 11.1 Å². The first kappa shape index (κ1) is 8.57. The molecule has 0 amide bonds. The Morgan fingerprint density at radius 2 is 2.17 bits per heavy atom. The third-order valence-electron chi connectivity index (χ3n) is 1.53. The van der Waals surface area contributed by atoms with Crippen molar-refractivity contribution in [3.63, 3.8) is 0 Å². The first-order chi connectivity index (χ1) is 5.76. The van der Waals surface area contributed by atoms with Gasteiger partial charge in [0.1, 0.15) is 0 Å². The third-order valence-corrected chi connectivity index (χ3v) is 1.53. The molecule has 1 radical (unpaired) electrons. The number of anilines is 1. The molecule has 1 rings (SSSR count). The Labute approximate surface area is 71.1 Å². The molecule has 0 bridgehead atoms. The predicted octanol–water partition coefficient (Wildman–Crippen LogP) is 1.11. The zero-order valence-corrected chi connectivity index (χ0v) is 6.58. The minimum Gasteiger partial charge on any atom is -0.399 e. The highest BCUT2D eigenvalue weighted by Crippen LogP contribution is 2.11. The minimum absolute atomic E-state index is 0.172. The van der Waals surface area contributed by atoms with Gasteiger partial charge in [0, 0.05) is 5.69 Å². The number of nitriles is 1. The second kappa shape index (κ2) is 3.74. The molecule has 61 valence electrons.